The average Bonchev–Trinajstić information content (AvgIpc) is 3.07. The Kier molecular flexibility index (Phi) is 11.2. The Hall–Kier alpha value is -0.870. The highest BCUT2D eigenvalue weighted by Gasteiger charge is 2.25. The van der Waals surface area contributed by atoms with Crippen LogP contribution in [0.5, 0.6) is 5.75 Å². The molecule has 1 aromatic rings. The molecule has 9 heteroatoms. The highest BCUT2D eigenvalue weighted by molar-refractivity contribution is 14.0. The summed E-state index contributed by atoms with van der Waals surface area (Å²) in [6.45, 7) is 5.24. The summed E-state index contributed by atoms with van der Waals surface area (Å²) in [4.78, 5) is 6.77. The molecule has 154 valence electrons. The molecule has 1 heterocycles. The van der Waals surface area contributed by atoms with E-state index in [9.17, 15) is 8.78 Å². The first kappa shape index (κ1) is 24.2. The van der Waals surface area contributed by atoms with Crippen molar-refractivity contribution in [2.24, 2.45) is 10.9 Å². The maximum atomic E-state index is 12.6. The van der Waals surface area contributed by atoms with Gasteiger partial charge in [0.15, 0.2) is 5.96 Å². The molecule has 1 aliphatic heterocycles. The molecule has 0 saturated carbocycles. The van der Waals surface area contributed by atoms with Crippen molar-refractivity contribution in [3.8, 4) is 5.75 Å². The second-order valence-electron chi connectivity index (χ2n) is 6.06. The molecule has 0 amide bonds. The normalized spacial score (nSPS) is 17.2. The summed E-state index contributed by atoms with van der Waals surface area (Å²) in [6, 6.07) is 4.57. The van der Waals surface area contributed by atoms with Crippen LogP contribution in [-0.2, 0) is 11.3 Å². The minimum atomic E-state index is -2.88. The number of rotatable bonds is 8. The molecule has 0 radical (unpaired) electrons. The first-order valence-electron chi connectivity index (χ1n) is 8.87. The van der Waals surface area contributed by atoms with Crippen LogP contribution in [0.2, 0.25) is 5.02 Å². The van der Waals surface area contributed by atoms with Crippen LogP contribution in [0.4, 0.5) is 8.78 Å². The standard InChI is InChI=1S/C18H26ClF2N3O2.HI/c1-3-22-18(24-8-7-13(11-24)12-25-4-2)23-10-14-9-15(19)5-6-16(14)26-17(20)21;/h5-6,9,13,17H,3-4,7-8,10-12H2,1-2H3,(H,22,23);1H. The SMILES string of the molecule is CCNC(=NCc1cc(Cl)ccc1OC(F)F)N1CCC(COCC)C1.I. The molecule has 27 heavy (non-hydrogen) atoms. The number of nitrogens with one attached hydrogen (secondary N) is 1. The topological polar surface area (TPSA) is 46.1 Å². The van der Waals surface area contributed by atoms with E-state index in [1.807, 2.05) is 13.8 Å². The molecule has 0 spiro atoms. The first-order valence-corrected chi connectivity index (χ1v) is 9.25. The lowest BCUT2D eigenvalue weighted by molar-refractivity contribution is -0.0504. The van der Waals surface area contributed by atoms with Gasteiger partial charge in [-0.1, -0.05) is 11.6 Å². The second kappa shape index (κ2) is 12.6. The minimum absolute atomic E-state index is 0. The lowest BCUT2D eigenvalue weighted by Crippen LogP contribution is -2.40. The number of alkyl halides is 2. The van der Waals surface area contributed by atoms with E-state index in [0.29, 0.717) is 23.1 Å². The third kappa shape index (κ3) is 7.95. The molecule has 1 unspecified atom stereocenters. The van der Waals surface area contributed by atoms with Crippen LogP contribution >= 0.6 is 35.6 Å². The van der Waals surface area contributed by atoms with Crippen LogP contribution < -0.4 is 10.1 Å². The van der Waals surface area contributed by atoms with E-state index in [-0.39, 0.29) is 36.3 Å². The maximum absolute atomic E-state index is 12.6. The number of halogens is 4. The zero-order valence-corrected chi connectivity index (χ0v) is 18.7. The third-order valence-corrected chi connectivity index (χ3v) is 4.35. The molecule has 1 atom stereocenters. The Labute approximate surface area is 181 Å². The fourth-order valence-corrected chi connectivity index (χ4v) is 3.11. The van der Waals surface area contributed by atoms with Gasteiger partial charge in [-0.15, -0.1) is 24.0 Å². The summed E-state index contributed by atoms with van der Waals surface area (Å²) in [5.74, 6) is 1.33. The summed E-state index contributed by atoms with van der Waals surface area (Å²) in [5, 5.41) is 3.72. The van der Waals surface area contributed by atoms with E-state index in [4.69, 9.17) is 16.3 Å². The summed E-state index contributed by atoms with van der Waals surface area (Å²) in [5.41, 5.74) is 0.526. The van der Waals surface area contributed by atoms with Crippen LogP contribution in [0.15, 0.2) is 23.2 Å². The maximum Gasteiger partial charge on any atom is 0.387 e. The monoisotopic (exact) mass is 517 g/mol. The summed E-state index contributed by atoms with van der Waals surface area (Å²) < 4.78 is 35.3. The van der Waals surface area contributed by atoms with Crippen molar-refractivity contribution in [1.29, 1.82) is 0 Å². The molecule has 1 fully saturated rings. The summed E-state index contributed by atoms with van der Waals surface area (Å²) >= 11 is 5.99. The zero-order chi connectivity index (χ0) is 18.9. The van der Waals surface area contributed by atoms with Crippen molar-refractivity contribution in [2.75, 3.05) is 32.8 Å². The van der Waals surface area contributed by atoms with Crippen LogP contribution in [0.1, 0.15) is 25.8 Å². The van der Waals surface area contributed by atoms with Gasteiger partial charge in [0.05, 0.1) is 13.2 Å². The number of hydrogen-bond donors (Lipinski definition) is 1. The molecule has 0 bridgehead atoms. The first-order chi connectivity index (χ1) is 12.5. The number of likely N-dealkylation sites (tertiary alicyclic amines) is 1. The van der Waals surface area contributed by atoms with Crippen LogP contribution in [0.25, 0.3) is 0 Å². The van der Waals surface area contributed by atoms with Gasteiger partial charge in [-0.2, -0.15) is 8.78 Å². The molecular weight excluding hydrogens is 491 g/mol. The Morgan fingerprint density at radius 1 is 1.41 bits per heavy atom. The van der Waals surface area contributed by atoms with E-state index in [2.05, 4.69) is 19.9 Å². The van der Waals surface area contributed by atoms with Gasteiger partial charge in [0.25, 0.3) is 0 Å². The number of nitrogens with zero attached hydrogens (tertiary/aromatic N) is 2. The van der Waals surface area contributed by atoms with E-state index < -0.39 is 6.61 Å². The van der Waals surface area contributed by atoms with E-state index in [1.165, 1.54) is 12.1 Å². The van der Waals surface area contributed by atoms with Crippen molar-refractivity contribution in [3.63, 3.8) is 0 Å². The van der Waals surface area contributed by atoms with Crippen LogP contribution in [0.3, 0.4) is 0 Å². The number of benzene rings is 1. The van der Waals surface area contributed by atoms with E-state index in [0.717, 1.165) is 38.6 Å². The fraction of sp³-hybridized carbons (Fsp3) is 0.611. The smallest absolute Gasteiger partial charge is 0.387 e. The molecule has 0 aromatic heterocycles. The van der Waals surface area contributed by atoms with Crippen molar-refractivity contribution >= 4 is 41.5 Å². The molecule has 1 N–H and O–H groups in total. The summed E-state index contributed by atoms with van der Waals surface area (Å²) in [7, 11) is 0. The molecule has 5 nitrogen and oxygen atoms in total. The number of hydrogen-bond acceptors (Lipinski definition) is 3. The van der Waals surface area contributed by atoms with Crippen molar-refractivity contribution in [2.45, 2.75) is 33.4 Å². The minimum Gasteiger partial charge on any atom is -0.434 e. The highest BCUT2D eigenvalue weighted by atomic mass is 127. The molecule has 0 aliphatic carbocycles. The number of aliphatic imine (C=N–C) groups is 1. The van der Waals surface area contributed by atoms with Crippen LogP contribution in [-0.4, -0.2) is 50.3 Å². The number of guanidine groups is 1. The lowest BCUT2D eigenvalue weighted by Gasteiger charge is -2.22. The van der Waals surface area contributed by atoms with Crippen molar-refractivity contribution in [3.05, 3.63) is 28.8 Å². The van der Waals surface area contributed by atoms with Crippen molar-refractivity contribution in [1.82, 2.24) is 10.2 Å². The van der Waals surface area contributed by atoms with Crippen LogP contribution in [0, 0.1) is 5.92 Å². The number of ether oxygens (including phenoxy) is 2. The van der Waals surface area contributed by atoms with Gasteiger partial charge in [0, 0.05) is 42.7 Å². The highest BCUT2D eigenvalue weighted by Crippen LogP contribution is 2.25. The third-order valence-electron chi connectivity index (χ3n) is 4.12. The Morgan fingerprint density at radius 3 is 2.85 bits per heavy atom. The van der Waals surface area contributed by atoms with Gasteiger partial charge in [-0.3, -0.25) is 0 Å². The van der Waals surface area contributed by atoms with Crippen molar-refractivity contribution < 1.29 is 18.3 Å². The van der Waals surface area contributed by atoms with Gasteiger partial charge in [-0.25, -0.2) is 4.99 Å². The molecule has 2 rings (SSSR count). The molecular formula is C18H27ClF2IN3O2. The fourth-order valence-electron chi connectivity index (χ4n) is 2.91. The Morgan fingerprint density at radius 2 is 2.19 bits per heavy atom. The zero-order valence-electron chi connectivity index (χ0n) is 15.6. The molecule has 1 aliphatic rings. The van der Waals surface area contributed by atoms with E-state index in [1.54, 1.807) is 6.07 Å². The molecule has 1 aromatic carbocycles. The predicted molar refractivity (Wildman–Crippen MR) is 114 cm³/mol. The second-order valence-corrected chi connectivity index (χ2v) is 6.50. The van der Waals surface area contributed by atoms with Gasteiger partial charge in [-0.05, 0) is 38.5 Å². The van der Waals surface area contributed by atoms with Gasteiger partial charge >= 0.3 is 6.61 Å². The lowest BCUT2D eigenvalue weighted by atomic mass is 10.1. The summed E-state index contributed by atoms with van der Waals surface area (Å²) in [6.07, 6.45) is 1.04. The average molecular weight is 518 g/mol. The Balaban J connectivity index is 0.00000364. The quantitative estimate of drug-likeness (QED) is 0.316. The predicted octanol–water partition coefficient (Wildman–Crippen LogP) is 4.38. The Bertz CT molecular complexity index is 608. The van der Waals surface area contributed by atoms with E-state index >= 15 is 0 Å². The largest absolute Gasteiger partial charge is 0.434 e. The van der Waals surface area contributed by atoms with Gasteiger partial charge < -0.3 is 19.7 Å². The molecule has 1 saturated heterocycles. The van der Waals surface area contributed by atoms with Gasteiger partial charge in [0.2, 0.25) is 0 Å². The van der Waals surface area contributed by atoms with Gasteiger partial charge in [0.1, 0.15) is 5.75 Å².